The summed E-state index contributed by atoms with van der Waals surface area (Å²) in [5.41, 5.74) is 3.93. The van der Waals surface area contributed by atoms with Crippen molar-refractivity contribution in [1.29, 1.82) is 0 Å². The smallest absolute Gasteiger partial charge is 0.415 e. The van der Waals surface area contributed by atoms with E-state index in [-0.39, 0.29) is 34.3 Å². The summed E-state index contributed by atoms with van der Waals surface area (Å²) in [6.07, 6.45) is 2.74. The van der Waals surface area contributed by atoms with Crippen molar-refractivity contribution in [1.82, 2.24) is 5.16 Å². The summed E-state index contributed by atoms with van der Waals surface area (Å²) in [6.45, 7) is 1.14. The Bertz CT molecular complexity index is 2020. The Labute approximate surface area is 252 Å². The van der Waals surface area contributed by atoms with E-state index in [1.807, 2.05) is 6.08 Å². The van der Waals surface area contributed by atoms with Crippen LogP contribution in [-0.2, 0) is 29.2 Å². The van der Waals surface area contributed by atoms with Crippen LogP contribution >= 0.6 is 0 Å². The molecular weight excluding hydrogens is 615 g/mol. The van der Waals surface area contributed by atoms with Gasteiger partial charge >= 0.3 is 16.9 Å². The van der Waals surface area contributed by atoms with E-state index < -0.39 is 42.4 Å². The molecule has 1 aliphatic carbocycles. The van der Waals surface area contributed by atoms with Crippen molar-refractivity contribution >= 4 is 42.9 Å². The Morgan fingerprint density at radius 3 is 2.36 bits per heavy atom. The number of aromatic nitrogens is 2. The van der Waals surface area contributed by atoms with Crippen LogP contribution in [0.4, 0.5) is 4.39 Å². The number of hydrogen-bond acceptors (Lipinski definition) is 10. The molecule has 1 heterocycles. The topological polar surface area (TPSA) is 157 Å². The Hall–Kier alpha value is -4.82. The molecule has 0 aliphatic heterocycles. The molecule has 14 heteroatoms. The van der Waals surface area contributed by atoms with Crippen LogP contribution in [0.2, 0.25) is 0 Å². The van der Waals surface area contributed by atoms with Crippen molar-refractivity contribution in [3.8, 4) is 5.88 Å². The van der Waals surface area contributed by atoms with Gasteiger partial charge in [-0.15, -0.1) is 0 Å². The molecular formula is C30H25FN2O9S2. The van der Waals surface area contributed by atoms with Crippen molar-refractivity contribution in [2.75, 3.05) is 19.5 Å². The summed E-state index contributed by atoms with van der Waals surface area (Å²) >= 11 is 0. The largest absolute Gasteiger partial charge is 0.462 e. The Morgan fingerprint density at radius 1 is 0.977 bits per heavy atom. The summed E-state index contributed by atoms with van der Waals surface area (Å²) in [6, 6.07) is 17.7. The highest BCUT2D eigenvalue weighted by atomic mass is 32.2. The third-order valence-electron chi connectivity index (χ3n) is 6.83. The van der Waals surface area contributed by atoms with E-state index in [0.29, 0.717) is 27.8 Å². The van der Waals surface area contributed by atoms with E-state index in [1.54, 1.807) is 31.2 Å². The molecule has 0 fully saturated rings. The van der Waals surface area contributed by atoms with Crippen LogP contribution in [-0.4, -0.2) is 47.4 Å². The quantitative estimate of drug-likeness (QED) is 0.141. The predicted octanol–water partition coefficient (Wildman–Crippen LogP) is 4.02. The molecule has 0 saturated heterocycles. The van der Waals surface area contributed by atoms with E-state index in [2.05, 4.69) is 9.79 Å². The number of halogens is 1. The summed E-state index contributed by atoms with van der Waals surface area (Å²) in [5.74, 6) is -1.73. The van der Waals surface area contributed by atoms with Crippen LogP contribution in [0.25, 0.3) is 17.2 Å². The van der Waals surface area contributed by atoms with Crippen LogP contribution in [0.3, 0.4) is 0 Å². The number of fused-ring (bicyclic) bond motifs is 1. The van der Waals surface area contributed by atoms with Crippen molar-refractivity contribution < 1.29 is 45.0 Å². The van der Waals surface area contributed by atoms with Crippen LogP contribution in [0, 0.1) is 11.0 Å². The molecule has 1 aliphatic rings. The number of carbonyl (C=O) groups excluding carboxylic acids is 1. The van der Waals surface area contributed by atoms with Crippen LogP contribution in [0.5, 0.6) is 5.88 Å². The minimum Gasteiger partial charge on any atom is -0.462 e. The monoisotopic (exact) mass is 640 g/mol. The molecule has 0 N–H and O–H groups in total. The van der Waals surface area contributed by atoms with Gasteiger partial charge in [0.2, 0.25) is 0 Å². The zero-order valence-corrected chi connectivity index (χ0v) is 25.0. The highest BCUT2D eigenvalue weighted by Gasteiger charge is 2.36. The molecule has 3 aromatic carbocycles. The molecule has 4 aromatic rings. The fourth-order valence-electron chi connectivity index (χ4n) is 4.69. The first-order valence-electron chi connectivity index (χ1n) is 13.1. The van der Waals surface area contributed by atoms with Gasteiger partial charge in [0.15, 0.2) is 9.84 Å². The van der Waals surface area contributed by atoms with Gasteiger partial charge in [0.05, 0.1) is 21.4 Å². The first-order chi connectivity index (χ1) is 20.9. The van der Waals surface area contributed by atoms with Crippen LogP contribution in [0.15, 0.2) is 97.8 Å². The lowest BCUT2D eigenvalue weighted by molar-refractivity contribution is -0.832. The predicted molar refractivity (Wildman–Crippen MR) is 155 cm³/mol. The first kappa shape index (κ1) is 30.6. The lowest BCUT2D eigenvalue weighted by Crippen LogP contribution is -2.31. The van der Waals surface area contributed by atoms with Gasteiger partial charge < -0.3 is 14.7 Å². The molecule has 0 unspecified atom stereocenters. The number of hydrogen-bond donors (Lipinski definition) is 0. The van der Waals surface area contributed by atoms with Crippen LogP contribution in [0.1, 0.15) is 30.0 Å². The molecule has 44 heavy (non-hydrogen) atoms. The third-order valence-corrected chi connectivity index (χ3v) is 9.69. The lowest BCUT2D eigenvalue weighted by Gasteiger charge is -2.08. The van der Waals surface area contributed by atoms with Crippen molar-refractivity contribution in [3.63, 3.8) is 0 Å². The molecule has 1 aromatic heterocycles. The molecule has 0 atom stereocenters. The third kappa shape index (κ3) is 6.26. The molecule has 0 bridgehead atoms. The second kappa shape index (κ2) is 12.1. The van der Waals surface area contributed by atoms with Gasteiger partial charge in [0, 0.05) is 6.26 Å². The number of carbonyl (C=O) groups is 1. The standard InChI is InChI=1S/C30H25FN2O9S2/c1-19-25(16-20-8-11-22(12-9-20)43(2,36)37)24-13-10-21(31)17-27(24)26(19)18-28(34)40-14-15-41-29-30(33(35)42-32-29)44(38,39)23-6-4-3-5-7-23/h3-13,16-17H,14-15,18H2,1-2H3/b25-16-. The van der Waals surface area contributed by atoms with Crippen molar-refractivity contribution in [2.45, 2.75) is 28.2 Å². The molecule has 228 valence electrons. The van der Waals surface area contributed by atoms with E-state index in [9.17, 15) is 31.2 Å². The van der Waals surface area contributed by atoms with Gasteiger partial charge in [-0.25, -0.2) is 21.2 Å². The van der Waals surface area contributed by atoms with E-state index >= 15 is 0 Å². The Balaban J connectivity index is 1.28. The number of nitrogens with zero attached hydrogens (tertiary/aromatic N) is 2. The van der Waals surface area contributed by atoms with Gasteiger partial charge in [-0.05, 0) is 87.7 Å². The minimum atomic E-state index is -4.31. The zero-order chi connectivity index (χ0) is 31.6. The Morgan fingerprint density at radius 2 is 1.68 bits per heavy atom. The number of rotatable bonds is 10. The minimum absolute atomic E-state index is 0.166. The van der Waals surface area contributed by atoms with Gasteiger partial charge in [-0.2, -0.15) is 0 Å². The van der Waals surface area contributed by atoms with Gasteiger partial charge in [0.1, 0.15) is 19.0 Å². The number of esters is 1. The molecule has 0 amide bonds. The maximum Gasteiger partial charge on any atom is 0.415 e. The second-order valence-electron chi connectivity index (χ2n) is 9.80. The molecule has 5 rings (SSSR count). The molecule has 11 nitrogen and oxygen atoms in total. The fourth-order valence-corrected chi connectivity index (χ4v) is 6.61. The Kier molecular flexibility index (Phi) is 8.39. The number of sulfone groups is 2. The fraction of sp³-hybridized carbons (Fsp3) is 0.167. The maximum absolute atomic E-state index is 14.2. The highest BCUT2D eigenvalue weighted by molar-refractivity contribution is 7.91. The number of ether oxygens (including phenoxy) is 2. The van der Waals surface area contributed by atoms with E-state index in [1.165, 1.54) is 48.5 Å². The maximum atomic E-state index is 14.2. The number of allylic oxidation sites excluding steroid dienone is 2. The highest BCUT2D eigenvalue weighted by Crippen LogP contribution is 2.44. The van der Waals surface area contributed by atoms with Gasteiger partial charge in [-0.1, -0.05) is 36.4 Å². The van der Waals surface area contributed by atoms with Crippen LogP contribution < -0.4 is 9.64 Å². The van der Waals surface area contributed by atoms with E-state index in [4.69, 9.17) is 9.47 Å². The van der Waals surface area contributed by atoms with Crippen molar-refractivity contribution in [3.05, 3.63) is 106 Å². The lowest BCUT2D eigenvalue weighted by atomic mass is 10.0. The SMILES string of the molecule is CC1=C(CC(=O)OCCOc2no[n+]([O-])c2S(=O)(=O)c2ccccc2)c2cc(F)ccc2/C1=C\c1ccc(S(C)(=O)=O)cc1. The summed E-state index contributed by atoms with van der Waals surface area (Å²) in [4.78, 5) is 12.5. The molecule has 0 saturated carbocycles. The molecule has 0 spiro atoms. The summed E-state index contributed by atoms with van der Waals surface area (Å²) < 4.78 is 78.6. The first-order valence-corrected chi connectivity index (χ1v) is 16.4. The normalized spacial score (nSPS) is 14.1. The second-order valence-corrected chi connectivity index (χ2v) is 13.7. The molecule has 0 radical (unpaired) electrons. The van der Waals surface area contributed by atoms with E-state index in [0.717, 1.165) is 11.8 Å². The van der Waals surface area contributed by atoms with Crippen molar-refractivity contribution in [2.24, 2.45) is 0 Å². The number of benzene rings is 3. The van der Waals surface area contributed by atoms with Gasteiger partial charge in [0.25, 0.3) is 9.84 Å². The van der Waals surface area contributed by atoms with Gasteiger partial charge in [-0.3, -0.25) is 9.42 Å². The average molecular weight is 641 g/mol. The zero-order valence-electron chi connectivity index (χ0n) is 23.4. The average Bonchev–Trinajstić information content (AvgIpc) is 3.48. The summed E-state index contributed by atoms with van der Waals surface area (Å²) in [5, 5.41) is 14.6. The summed E-state index contributed by atoms with van der Waals surface area (Å²) in [7, 11) is -7.67.